The minimum Gasteiger partial charge on any atom is -0.364 e. The van der Waals surface area contributed by atoms with Crippen molar-refractivity contribution in [3.8, 4) is 0 Å². The summed E-state index contributed by atoms with van der Waals surface area (Å²) in [4.78, 5) is 14.0. The summed E-state index contributed by atoms with van der Waals surface area (Å²) in [6, 6.07) is 2.90. The molecule has 1 aromatic carbocycles. The number of rotatable bonds is 5. The van der Waals surface area contributed by atoms with Crippen LogP contribution in [0.1, 0.15) is 40.4 Å². The van der Waals surface area contributed by atoms with Gasteiger partial charge in [-0.2, -0.15) is 0 Å². The SMILES string of the molecule is CSc1c(F)ccc(C(=O)c2conc2C2CC2)c1SC. The van der Waals surface area contributed by atoms with E-state index in [1.165, 1.54) is 35.9 Å². The van der Waals surface area contributed by atoms with Crippen molar-refractivity contribution in [2.24, 2.45) is 0 Å². The Morgan fingerprint density at radius 2 is 1.95 bits per heavy atom. The van der Waals surface area contributed by atoms with Gasteiger partial charge in [-0.15, -0.1) is 23.5 Å². The van der Waals surface area contributed by atoms with Crippen molar-refractivity contribution >= 4 is 29.3 Å². The zero-order valence-electron chi connectivity index (χ0n) is 11.7. The highest BCUT2D eigenvalue weighted by Crippen LogP contribution is 2.42. The van der Waals surface area contributed by atoms with Crippen LogP contribution in [0.5, 0.6) is 0 Å². The lowest BCUT2D eigenvalue weighted by Gasteiger charge is -2.11. The van der Waals surface area contributed by atoms with Crippen molar-refractivity contribution in [1.29, 1.82) is 0 Å². The molecule has 6 heteroatoms. The molecule has 0 atom stereocenters. The third-order valence-corrected chi connectivity index (χ3v) is 5.29. The van der Waals surface area contributed by atoms with Crippen LogP contribution >= 0.6 is 23.5 Å². The van der Waals surface area contributed by atoms with Gasteiger partial charge in [0.2, 0.25) is 0 Å². The van der Waals surface area contributed by atoms with Crippen LogP contribution in [0.3, 0.4) is 0 Å². The monoisotopic (exact) mass is 323 g/mol. The Bertz CT molecular complexity index is 695. The molecule has 2 aromatic rings. The summed E-state index contributed by atoms with van der Waals surface area (Å²) in [5.74, 6) is -0.102. The number of benzene rings is 1. The van der Waals surface area contributed by atoms with E-state index in [1.54, 1.807) is 12.3 Å². The Morgan fingerprint density at radius 3 is 2.57 bits per heavy atom. The molecule has 0 bridgehead atoms. The number of hydrogen-bond acceptors (Lipinski definition) is 5. The maximum Gasteiger partial charge on any atom is 0.199 e. The molecule has 1 aliphatic rings. The molecule has 0 N–H and O–H groups in total. The number of ketones is 1. The van der Waals surface area contributed by atoms with E-state index in [0.29, 0.717) is 26.8 Å². The Kier molecular flexibility index (Phi) is 4.08. The van der Waals surface area contributed by atoms with Gasteiger partial charge in [0.05, 0.1) is 16.2 Å². The minimum absolute atomic E-state index is 0.141. The van der Waals surface area contributed by atoms with Gasteiger partial charge in [-0.3, -0.25) is 4.79 Å². The first-order chi connectivity index (χ1) is 10.2. The molecule has 0 aliphatic heterocycles. The van der Waals surface area contributed by atoms with E-state index in [2.05, 4.69) is 5.16 Å². The molecule has 3 nitrogen and oxygen atoms in total. The van der Waals surface area contributed by atoms with E-state index < -0.39 is 0 Å². The third kappa shape index (κ3) is 2.62. The molecule has 1 heterocycles. The molecule has 110 valence electrons. The standard InChI is InChI=1S/C15H14FNO2S2/c1-20-14-9(5-6-11(16)15(14)21-2)13(18)10-7-19-17-12(10)8-3-4-8/h5-8H,3-4H2,1-2H3. The Labute approximate surface area is 130 Å². The molecule has 1 fully saturated rings. The third-order valence-electron chi connectivity index (χ3n) is 3.52. The van der Waals surface area contributed by atoms with E-state index in [4.69, 9.17) is 4.52 Å². The number of halogens is 1. The van der Waals surface area contributed by atoms with Crippen LogP contribution in [-0.4, -0.2) is 23.5 Å². The van der Waals surface area contributed by atoms with Gasteiger partial charge in [0.15, 0.2) is 5.78 Å². The van der Waals surface area contributed by atoms with Gasteiger partial charge in [-0.25, -0.2) is 4.39 Å². The lowest BCUT2D eigenvalue weighted by molar-refractivity contribution is 0.103. The fourth-order valence-corrected chi connectivity index (χ4v) is 4.04. The topological polar surface area (TPSA) is 43.1 Å². The summed E-state index contributed by atoms with van der Waals surface area (Å²) in [7, 11) is 0. The average Bonchev–Trinajstić information content (AvgIpc) is 3.23. The number of carbonyl (C=O) groups excluding carboxylic acids is 1. The fourth-order valence-electron chi connectivity index (χ4n) is 2.32. The number of thioether (sulfide) groups is 2. The van der Waals surface area contributed by atoms with Crippen molar-refractivity contribution in [3.63, 3.8) is 0 Å². The van der Waals surface area contributed by atoms with Crippen molar-refractivity contribution in [1.82, 2.24) is 5.16 Å². The smallest absolute Gasteiger partial charge is 0.199 e. The number of nitrogens with zero attached hydrogens (tertiary/aromatic N) is 1. The van der Waals surface area contributed by atoms with Crippen LogP contribution in [0, 0.1) is 5.82 Å². The van der Waals surface area contributed by atoms with E-state index >= 15 is 0 Å². The average molecular weight is 323 g/mol. The van der Waals surface area contributed by atoms with Crippen LogP contribution in [0.4, 0.5) is 4.39 Å². The maximum absolute atomic E-state index is 13.9. The second-order valence-corrected chi connectivity index (χ2v) is 6.51. The highest BCUT2D eigenvalue weighted by molar-refractivity contribution is 8.01. The molecule has 0 spiro atoms. The zero-order chi connectivity index (χ0) is 15.0. The molecule has 1 aliphatic carbocycles. The first-order valence-corrected chi connectivity index (χ1v) is 9.01. The van der Waals surface area contributed by atoms with Crippen LogP contribution in [0.2, 0.25) is 0 Å². The van der Waals surface area contributed by atoms with Gasteiger partial charge in [0, 0.05) is 16.4 Å². The summed E-state index contributed by atoms with van der Waals surface area (Å²) in [6.45, 7) is 0. The Morgan fingerprint density at radius 1 is 1.24 bits per heavy atom. The van der Waals surface area contributed by atoms with Crippen molar-refractivity contribution < 1.29 is 13.7 Å². The van der Waals surface area contributed by atoms with Gasteiger partial charge in [-0.05, 0) is 37.5 Å². The van der Waals surface area contributed by atoms with E-state index in [9.17, 15) is 9.18 Å². The summed E-state index contributed by atoms with van der Waals surface area (Å²) in [5.41, 5.74) is 1.76. The first-order valence-electron chi connectivity index (χ1n) is 6.56. The normalized spacial score (nSPS) is 14.4. The van der Waals surface area contributed by atoms with Gasteiger partial charge in [0.25, 0.3) is 0 Å². The predicted molar refractivity (Wildman–Crippen MR) is 81.9 cm³/mol. The largest absolute Gasteiger partial charge is 0.364 e. The van der Waals surface area contributed by atoms with Crippen LogP contribution in [0.15, 0.2) is 32.7 Å². The van der Waals surface area contributed by atoms with Gasteiger partial charge in [-0.1, -0.05) is 5.16 Å². The minimum atomic E-state index is -0.295. The summed E-state index contributed by atoms with van der Waals surface area (Å²) >= 11 is 2.69. The number of carbonyl (C=O) groups is 1. The summed E-state index contributed by atoms with van der Waals surface area (Å²) < 4.78 is 18.9. The van der Waals surface area contributed by atoms with Crippen LogP contribution in [0.25, 0.3) is 0 Å². The predicted octanol–water partition coefficient (Wildman–Crippen LogP) is 4.37. The molecule has 0 saturated heterocycles. The summed E-state index contributed by atoms with van der Waals surface area (Å²) in [6.07, 6.45) is 7.15. The maximum atomic E-state index is 13.9. The number of hydrogen-bond donors (Lipinski definition) is 0. The second kappa shape index (κ2) is 5.85. The Hall–Kier alpha value is -1.27. The fraction of sp³-hybridized carbons (Fsp3) is 0.333. The van der Waals surface area contributed by atoms with Crippen molar-refractivity contribution in [3.05, 3.63) is 41.0 Å². The molecular formula is C15H14FNO2S2. The molecule has 1 saturated carbocycles. The van der Waals surface area contributed by atoms with Gasteiger partial charge >= 0.3 is 0 Å². The van der Waals surface area contributed by atoms with E-state index in [-0.39, 0.29) is 11.6 Å². The second-order valence-electron chi connectivity index (χ2n) is 4.88. The van der Waals surface area contributed by atoms with Gasteiger partial charge in [0.1, 0.15) is 12.1 Å². The highest BCUT2D eigenvalue weighted by Gasteiger charge is 2.32. The van der Waals surface area contributed by atoms with E-state index in [1.807, 2.05) is 6.26 Å². The van der Waals surface area contributed by atoms with Crippen molar-refractivity contribution in [2.75, 3.05) is 12.5 Å². The van der Waals surface area contributed by atoms with Crippen molar-refractivity contribution in [2.45, 2.75) is 28.6 Å². The molecular weight excluding hydrogens is 309 g/mol. The number of aromatic nitrogens is 1. The summed E-state index contributed by atoms with van der Waals surface area (Å²) in [5, 5.41) is 3.96. The Balaban J connectivity index is 2.07. The molecule has 0 radical (unpaired) electrons. The molecule has 0 amide bonds. The van der Waals surface area contributed by atoms with Gasteiger partial charge < -0.3 is 4.52 Å². The molecule has 1 aromatic heterocycles. The van der Waals surface area contributed by atoms with Crippen LogP contribution in [-0.2, 0) is 0 Å². The molecule has 3 rings (SSSR count). The zero-order valence-corrected chi connectivity index (χ0v) is 13.3. The quantitative estimate of drug-likeness (QED) is 0.604. The lowest BCUT2D eigenvalue weighted by atomic mass is 10.0. The molecule has 0 unspecified atom stereocenters. The first kappa shape index (κ1) is 14.7. The highest BCUT2D eigenvalue weighted by atomic mass is 32.2. The lowest BCUT2D eigenvalue weighted by Crippen LogP contribution is -2.06. The van der Waals surface area contributed by atoms with Crippen LogP contribution < -0.4 is 0 Å². The molecule has 21 heavy (non-hydrogen) atoms. The van der Waals surface area contributed by atoms with E-state index in [0.717, 1.165) is 18.5 Å².